The highest BCUT2D eigenvalue weighted by molar-refractivity contribution is 7.57. The van der Waals surface area contributed by atoms with E-state index in [1.165, 1.54) is 38.5 Å². The van der Waals surface area contributed by atoms with Gasteiger partial charge in [-0.1, -0.05) is 38.5 Å². The van der Waals surface area contributed by atoms with Crippen molar-refractivity contribution < 1.29 is 18.0 Å². The fourth-order valence-corrected chi connectivity index (χ4v) is 4.54. The smallest absolute Gasteiger partial charge is 0.305 e. The Morgan fingerprint density at radius 3 is 1.67 bits per heavy atom. The van der Waals surface area contributed by atoms with Crippen LogP contribution in [0.25, 0.3) is 0 Å². The minimum absolute atomic E-state index is 0.294. The van der Waals surface area contributed by atoms with E-state index in [1.54, 1.807) is 0 Å². The maximum absolute atomic E-state index is 12.5. The van der Waals surface area contributed by atoms with E-state index in [0.717, 1.165) is 31.5 Å². The number of hydrogen-bond donors (Lipinski definition) is 0. The van der Waals surface area contributed by atoms with Gasteiger partial charge in [0.05, 0.1) is 25.4 Å². The van der Waals surface area contributed by atoms with Crippen molar-refractivity contribution in [1.29, 1.82) is 0 Å². The lowest BCUT2D eigenvalue weighted by atomic mass is 9.90. The average molecular weight is 318 g/mol. The van der Waals surface area contributed by atoms with Gasteiger partial charge in [-0.15, -0.1) is 0 Å². The van der Waals surface area contributed by atoms with E-state index in [4.69, 9.17) is 9.05 Å². The normalized spacial score (nSPS) is 22.9. The summed E-state index contributed by atoms with van der Waals surface area (Å²) >= 11 is 0. The Labute approximate surface area is 127 Å². The van der Waals surface area contributed by atoms with Crippen LogP contribution < -0.4 is 0 Å². The standard InChI is InChI=1S/C16H28FO3P/c17-11-12-21(18,19-13-15-7-3-1-4-8-15)20-14-16-9-5-2-6-10-16/h11-12,15-16H,1-10,13-14H2. The molecule has 3 nitrogen and oxygen atoms in total. The van der Waals surface area contributed by atoms with Gasteiger partial charge in [-0.3, -0.25) is 4.57 Å². The summed E-state index contributed by atoms with van der Waals surface area (Å²) in [5, 5.41) is 0. The fourth-order valence-electron chi connectivity index (χ4n) is 3.32. The third-order valence-electron chi connectivity index (χ3n) is 4.67. The van der Waals surface area contributed by atoms with Crippen LogP contribution in [0.1, 0.15) is 64.2 Å². The average Bonchev–Trinajstić information content (AvgIpc) is 2.54. The molecule has 2 saturated carbocycles. The summed E-state index contributed by atoms with van der Waals surface area (Å²) < 4.78 is 36.0. The maximum atomic E-state index is 12.5. The summed E-state index contributed by atoms with van der Waals surface area (Å²) in [4.78, 5) is 0. The molecule has 2 rings (SSSR count). The molecule has 0 radical (unpaired) electrons. The first-order valence-electron chi connectivity index (χ1n) is 8.38. The molecule has 0 bridgehead atoms. The first-order chi connectivity index (χ1) is 10.2. The van der Waals surface area contributed by atoms with Crippen LogP contribution in [0.2, 0.25) is 0 Å². The number of rotatable bonds is 7. The predicted octanol–water partition coefficient (Wildman–Crippen LogP) is 5.81. The summed E-state index contributed by atoms with van der Waals surface area (Å²) in [6.07, 6.45) is 12.1. The second kappa shape index (κ2) is 9.07. The Morgan fingerprint density at radius 1 is 0.857 bits per heavy atom. The van der Waals surface area contributed by atoms with Gasteiger partial charge in [0.25, 0.3) is 0 Å². The van der Waals surface area contributed by atoms with Crippen molar-refractivity contribution in [3.8, 4) is 0 Å². The first-order valence-corrected chi connectivity index (χ1v) is 10.00. The molecule has 0 aliphatic heterocycles. The molecule has 0 unspecified atom stereocenters. The zero-order chi connectivity index (χ0) is 15.0. The maximum Gasteiger partial charge on any atom is 0.356 e. The summed E-state index contributed by atoms with van der Waals surface area (Å²) in [5.74, 6) is 1.86. The molecule has 5 heteroatoms. The van der Waals surface area contributed by atoms with Crippen LogP contribution in [-0.2, 0) is 13.6 Å². The Hall–Kier alpha value is -0.180. The summed E-state index contributed by atoms with van der Waals surface area (Å²) in [6.45, 7) is 0.846. The number of halogens is 1. The van der Waals surface area contributed by atoms with E-state index in [-0.39, 0.29) is 0 Å². The SMILES string of the molecule is O=P(C=CF)(OCC1CCCCC1)OCC1CCCCC1. The largest absolute Gasteiger partial charge is 0.356 e. The Kier molecular flexibility index (Phi) is 7.42. The van der Waals surface area contributed by atoms with Crippen molar-refractivity contribution in [3.63, 3.8) is 0 Å². The van der Waals surface area contributed by atoms with Crippen LogP contribution in [0, 0.1) is 11.8 Å². The van der Waals surface area contributed by atoms with Crippen molar-refractivity contribution in [2.24, 2.45) is 11.8 Å². The molecule has 0 aromatic rings. The second-order valence-corrected chi connectivity index (χ2v) is 8.31. The van der Waals surface area contributed by atoms with Crippen molar-refractivity contribution in [1.82, 2.24) is 0 Å². The van der Waals surface area contributed by atoms with Crippen molar-refractivity contribution in [3.05, 3.63) is 12.1 Å². The molecule has 0 heterocycles. The summed E-state index contributed by atoms with van der Waals surface area (Å²) in [7, 11) is -3.41. The van der Waals surface area contributed by atoms with E-state index in [2.05, 4.69) is 0 Å². The summed E-state index contributed by atoms with van der Waals surface area (Å²) in [5.41, 5.74) is 0. The summed E-state index contributed by atoms with van der Waals surface area (Å²) in [6, 6.07) is 0. The molecule has 2 aliphatic carbocycles. The molecule has 0 aromatic carbocycles. The van der Waals surface area contributed by atoms with Crippen molar-refractivity contribution in [2.75, 3.05) is 13.2 Å². The second-order valence-electron chi connectivity index (χ2n) is 6.41. The van der Waals surface area contributed by atoms with E-state index in [0.29, 0.717) is 31.4 Å². The molecule has 0 spiro atoms. The van der Waals surface area contributed by atoms with E-state index in [9.17, 15) is 8.96 Å². The Balaban J connectivity index is 1.78. The Morgan fingerprint density at radius 2 is 1.29 bits per heavy atom. The van der Waals surface area contributed by atoms with Gasteiger partial charge in [0.1, 0.15) is 0 Å². The molecule has 0 amide bonds. The van der Waals surface area contributed by atoms with Gasteiger partial charge >= 0.3 is 7.60 Å². The third kappa shape index (κ3) is 6.22. The molecule has 122 valence electrons. The lowest BCUT2D eigenvalue weighted by Gasteiger charge is -2.25. The van der Waals surface area contributed by atoms with Gasteiger partial charge in [0.2, 0.25) is 0 Å². The van der Waals surface area contributed by atoms with Crippen molar-refractivity contribution >= 4 is 7.60 Å². The fraction of sp³-hybridized carbons (Fsp3) is 0.875. The zero-order valence-electron chi connectivity index (χ0n) is 12.8. The van der Waals surface area contributed by atoms with Gasteiger partial charge < -0.3 is 9.05 Å². The van der Waals surface area contributed by atoms with E-state index in [1.807, 2.05) is 0 Å². The van der Waals surface area contributed by atoms with Crippen molar-refractivity contribution in [2.45, 2.75) is 64.2 Å². The molecule has 2 fully saturated rings. The van der Waals surface area contributed by atoms with Crippen LogP contribution in [0.15, 0.2) is 12.1 Å². The molecular formula is C16H28FO3P. The molecule has 0 atom stereocenters. The monoisotopic (exact) mass is 318 g/mol. The van der Waals surface area contributed by atoms with Gasteiger partial charge in [0.15, 0.2) is 0 Å². The molecule has 2 aliphatic rings. The lowest BCUT2D eigenvalue weighted by molar-refractivity contribution is 0.143. The minimum Gasteiger partial charge on any atom is -0.305 e. The first kappa shape index (κ1) is 17.2. The minimum atomic E-state index is -3.41. The highest BCUT2D eigenvalue weighted by atomic mass is 31.2. The number of hydrogen-bond acceptors (Lipinski definition) is 3. The topological polar surface area (TPSA) is 35.5 Å². The molecular weight excluding hydrogens is 290 g/mol. The highest BCUT2D eigenvalue weighted by Crippen LogP contribution is 2.51. The quantitative estimate of drug-likeness (QED) is 0.555. The molecule has 0 saturated heterocycles. The van der Waals surface area contributed by atoms with Crippen LogP contribution in [0.3, 0.4) is 0 Å². The predicted molar refractivity (Wildman–Crippen MR) is 82.9 cm³/mol. The molecule has 0 N–H and O–H groups in total. The molecule has 21 heavy (non-hydrogen) atoms. The van der Waals surface area contributed by atoms with Crippen LogP contribution in [-0.4, -0.2) is 13.2 Å². The third-order valence-corrected chi connectivity index (χ3v) is 6.16. The molecule has 0 aromatic heterocycles. The van der Waals surface area contributed by atoms with Gasteiger partial charge in [-0.05, 0) is 37.5 Å². The lowest BCUT2D eigenvalue weighted by Crippen LogP contribution is -2.15. The van der Waals surface area contributed by atoms with Gasteiger partial charge in [0, 0.05) is 0 Å². The van der Waals surface area contributed by atoms with Gasteiger partial charge in [-0.25, -0.2) is 4.39 Å². The van der Waals surface area contributed by atoms with Crippen LogP contribution >= 0.6 is 7.60 Å². The van der Waals surface area contributed by atoms with Crippen LogP contribution in [0.5, 0.6) is 0 Å². The zero-order valence-corrected chi connectivity index (χ0v) is 13.7. The highest BCUT2D eigenvalue weighted by Gasteiger charge is 2.26. The van der Waals surface area contributed by atoms with E-state index >= 15 is 0 Å². The Bertz CT molecular complexity index is 335. The van der Waals surface area contributed by atoms with E-state index < -0.39 is 7.60 Å². The van der Waals surface area contributed by atoms with Gasteiger partial charge in [-0.2, -0.15) is 0 Å². The van der Waals surface area contributed by atoms with Crippen LogP contribution in [0.4, 0.5) is 4.39 Å².